The maximum Gasteiger partial charge on any atom is 0.0593 e. The number of hydrogen-bond donors (Lipinski definition) is 1. The molecule has 2 rings (SSSR count). The molecule has 0 radical (unpaired) electrons. The van der Waals surface area contributed by atoms with Crippen molar-refractivity contribution in [1.82, 2.24) is 0 Å². The lowest BCUT2D eigenvalue weighted by atomic mass is 9.83. The molecule has 1 saturated heterocycles. The van der Waals surface area contributed by atoms with Crippen LogP contribution in [-0.4, -0.2) is 18.2 Å². The van der Waals surface area contributed by atoms with Gasteiger partial charge < -0.3 is 10.5 Å². The molecule has 0 amide bonds. The summed E-state index contributed by atoms with van der Waals surface area (Å²) in [5.74, 6) is 0. The molecule has 94 valence electrons. The van der Waals surface area contributed by atoms with Crippen LogP contribution in [0.25, 0.3) is 0 Å². The fraction of sp³-hybridized carbons (Fsp3) is 0.600. The van der Waals surface area contributed by atoms with Gasteiger partial charge in [-0.05, 0) is 37.7 Å². The molecule has 1 aromatic rings. The molecular weight excluding hydrogens is 210 g/mol. The number of nitrogens with two attached hydrogens (primary N) is 1. The third kappa shape index (κ3) is 3.55. The first-order valence-electron chi connectivity index (χ1n) is 6.66. The van der Waals surface area contributed by atoms with Crippen LogP contribution in [0.4, 0.5) is 0 Å². The van der Waals surface area contributed by atoms with Gasteiger partial charge in [0.1, 0.15) is 0 Å². The summed E-state index contributed by atoms with van der Waals surface area (Å²) < 4.78 is 5.71. The Morgan fingerprint density at radius 3 is 2.71 bits per heavy atom. The van der Waals surface area contributed by atoms with Crippen LogP contribution in [0.3, 0.4) is 0 Å². The van der Waals surface area contributed by atoms with Crippen LogP contribution in [0.2, 0.25) is 0 Å². The Hall–Kier alpha value is -0.860. The quantitative estimate of drug-likeness (QED) is 0.848. The third-order valence-electron chi connectivity index (χ3n) is 3.76. The summed E-state index contributed by atoms with van der Waals surface area (Å²) in [5, 5.41) is 0. The first-order valence-corrected chi connectivity index (χ1v) is 6.66. The van der Waals surface area contributed by atoms with E-state index in [1.165, 1.54) is 18.4 Å². The third-order valence-corrected chi connectivity index (χ3v) is 3.76. The zero-order valence-corrected chi connectivity index (χ0v) is 10.7. The highest BCUT2D eigenvalue weighted by Gasteiger charge is 2.29. The van der Waals surface area contributed by atoms with Crippen molar-refractivity contribution in [3.63, 3.8) is 0 Å². The van der Waals surface area contributed by atoms with Gasteiger partial charge in [-0.1, -0.05) is 37.3 Å². The van der Waals surface area contributed by atoms with E-state index in [0.29, 0.717) is 6.10 Å². The second-order valence-electron chi connectivity index (χ2n) is 5.22. The standard InChI is InChI=1S/C15H23NO/c1-2-15(16,12-14-9-6-10-17-14)11-13-7-4-3-5-8-13/h3-5,7-8,14H,2,6,9-12,16H2,1H3. The van der Waals surface area contributed by atoms with Crippen molar-refractivity contribution in [2.24, 2.45) is 5.73 Å². The molecule has 0 aliphatic carbocycles. The molecule has 1 aromatic carbocycles. The number of hydrogen-bond acceptors (Lipinski definition) is 2. The molecule has 2 heteroatoms. The van der Waals surface area contributed by atoms with Gasteiger partial charge in [0.05, 0.1) is 6.10 Å². The van der Waals surface area contributed by atoms with E-state index in [-0.39, 0.29) is 5.54 Å². The van der Waals surface area contributed by atoms with Crippen molar-refractivity contribution in [3.05, 3.63) is 35.9 Å². The maximum absolute atomic E-state index is 6.53. The summed E-state index contributed by atoms with van der Waals surface area (Å²) >= 11 is 0. The summed E-state index contributed by atoms with van der Waals surface area (Å²) in [7, 11) is 0. The smallest absolute Gasteiger partial charge is 0.0593 e. The van der Waals surface area contributed by atoms with Crippen LogP contribution in [0, 0.1) is 0 Å². The van der Waals surface area contributed by atoms with Crippen molar-refractivity contribution in [2.45, 2.75) is 50.7 Å². The van der Waals surface area contributed by atoms with Crippen molar-refractivity contribution < 1.29 is 4.74 Å². The predicted molar refractivity (Wildman–Crippen MR) is 70.9 cm³/mol. The van der Waals surface area contributed by atoms with Crippen LogP contribution >= 0.6 is 0 Å². The average molecular weight is 233 g/mol. The molecule has 0 saturated carbocycles. The monoisotopic (exact) mass is 233 g/mol. The molecule has 1 aliphatic heterocycles. The van der Waals surface area contributed by atoms with Crippen LogP contribution < -0.4 is 5.73 Å². The van der Waals surface area contributed by atoms with Gasteiger partial charge in [-0.15, -0.1) is 0 Å². The van der Waals surface area contributed by atoms with Gasteiger partial charge in [-0.25, -0.2) is 0 Å². The normalized spacial score (nSPS) is 23.5. The van der Waals surface area contributed by atoms with Crippen molar-refractivity contribution in [1.29, 1.82) is 0 Å². The van der Waals surface area contributed by atoms with Crippen LogP contribution in [0.5, 0.6) is 0 Å². The van der Waals surface area contributed by atoms with E-state index in [9.17, 15) is 0 Å². The molecule has 1 fully saturated rings. The molecule has 2 unspecified atom stereocenters. The number of rotatable bonds is 5. The van der Waals surface area contributed by atoms with E-state index in [0.717, 1.165) is 25.9 Å². The summed E-state index contributed by atoms with van der Waals surface area (Å²) in [4.78, 5) is 0. The van der Waals surface area contributed by atoms with Gasteiger partial charge in [0.15, 0.2) is 0 Å². The Morgan fingerprint density at radius 1 is 1.35 bits per heavy atom. The zero-order valence-electron chi connectivity index (χ0n) is 10.7. The summed E-state index contributed by atoms with van der Waals surface area (Å²) in [6.07, 6.45) is 5.68. The Morgan fingerprint density at radius 2 is 2.12 bits per heavy atom. The zero-order chi connectivity index (χ0) is 12.1. The van der Waals surface area contributed by atoms with E-state index in [1.807, 2.05) is 6.07 Å². The first-order chi connectivity index (χ1) is 8.22. The maximum atomic E-state index is 6.53. The summed E-state index contributed by atoms with van der Waals surface area (Å²) in [6.45, 7) is 3.09. The largest absolute Gasteiger partial charge is 0.378 e. The van der Waals surface area contributed by atoms with E-state index >= 15 is 0 Å². The van der Waals surface area contributed by atoms with E-state index in [1.54, 1.807) is 0 Å². The van der Waals surface area contributed by atoms with E-state index in [2.05, 4.69) is 31.2 Å². The molecule has 2 atom stereocenters. The van der Waals surface area contributed by atoms with Gasteiger partial charge in [-0.3, -0.25) is 0 Å². The Kier molecular flexibility index (Phi) is 4.19. The molecule has 0 bridgehead atoms. The molecule has 0 aromatic heterocycles. The summed E-state index contributed by atoms with van der Waals surface area (Å²) in [5.41, 5.74) is 7.74. The fourth-order valence-electron chi connectivity index (χ4n) is 2.60. The molecule has 1 aliphatic rings. The minimum Gasteiger partial charge on any atom is -0.378 e. The van der Waals surface area contributed by atoms with E-state index < -0.39 is 0 Å². The lowest BCUT2D eigenvalue weighted by Crippen LogP contribution is -2.44. The van der Waals surface area contributed by atoms with Crippen LogP contribution in [0.15, 0.2) is 30.3 Å². The minimum absolute atomic E-state index is 0.115. The summed E-state index contributed by atoms with van der Waals surface area (Å²) in [6, 6.07) is 10.5. The molecule has 1 heterocycles. The Bertz CT molecular complexity index is 332. The SMILES string of the molecule is CCC(N)(Cc1ccccc1)CC1CCCO1. The number of ether oxygens (including phenoxy) is 1. The van der Waals surface area contributed by atoms with Gasteiger partial charge in [0.25, 0.3) is 0 Å². The first kappa shape index (κ1) is 12.6. The molecule has 2 nitrogen and oxygen atoms in total. The topological polar surface area (TPSA) is 35.2 Å². The lowest BCUT2D eigenvalue weighted by Gasteiger charge is -2.31. The highest BCUT2D eigenvalue weighted by atomic mass is 16.5. The Labute approximate surface area is 104 Å². The van der Waals surface area contributed by atoms with Gasteiger partial charge in [0.2, 0.25) is 0 Å². The van der Waals surface area contributed by atoms with Crippen LogP contribution in [0.1, 0.15) is 38.2 Å². The minimum atomic E-state index is -0.115. The van der Waals surface area contributed by atoms with E-state index in [4.69, 9.17) is 10.5 Å². The van der Waals surface area contributed by atoms with Crippen molar-refractivity contribution in [3.8, 4) is 0 Å². The van der Waals surface area contributed by atoms with Crippen molar-refractivity contribution in [2.75, 3.05) is 6.61 Å². The van der Waals surface area contributed by atoms with Gasteiger partial charge in [-0.2, -0.15) is 0 Å². The fourth-order valence-corrected chi connectivity index (χ4v) is 2.60. The van der Waals surface area contributed by atoms with Gasteiger partial charge >= 0.3 is 0 Å². The number of benzene rings is 1. The predicted octanol–water partition coefficient (Wildman–Crippen LogP) is 2.91. The van der Waals surface area contributed by atoms with Crippen LogP contribution in [-0.2, 0) is 11.2 Å². The second-order valence-corrected chi connectivity index (χ2v) is 5.22. The highest BCUT2D eigenvalue weighted by Crippen LogP contribution is 2.26. The molecular formula is C15H23NO. The highest BCUT2D eigenvalue weighted by molar-refractivity contribution is 5.17. The molecule has 2 N–H and O–H groups in total. The second kappa shape index (κ2) is 5.65. The average Bonchev–Trinajstić information content (AvgIpc) is 2.83. The van der Waals surface area contributed by atoms with Gasteiger partial charge in [0, 0.05) is 12.1 Å². The molecule has 0 spiro atoms. The Balaban J connectivity index is 1.98. The molecule has 17 heavy (non-hydrogen) atoms. The lowest BCUT2D eigenvalue weighted by molar-refractivity contribution is 0.0819. The van der Waals surface area contributed by atoms with Crippen molar-refractivity contribution >= 4 is 0 Å².